The Labute approximate surface area is 74.2 Å². The molecular weight excluding hydrogens is 152 g/mol. The van der Waals surface area contributed by atoms with Gasteiger partial charge in [0.05, 0.1) is 0 Å². The molecular formula is C10H18O2. The zero-order valence-corrected chi connectivity index (χ0v) is 7.88. The van der Waals surface area contributed by atoms with Crippen molar-refractivity contribution in [3.63, 3.8) is 0 Å². The van der Waals surface area contributed by atoms with Gasteiger partial charge in [-0.1, -0.05) is 26.7 Å². The Balaban J connectivity index is 3.98. The van der Waals surface area contributed by atoms with Gasteiger partial charge in [-0.25, -0.2) is 0 Å². The largest absolute Gasteiger partial charge is 0.504 e. The first-order valence-corrected chi connectivity index (χ1v) is 4.51. The van der Waals surface area contributed by atoms with Crippen LogP contribution in [0.3, 0.4) is 0 Å². The van der Waals surface area contributed by atoms with Gasteiger partial charge in [0.15, 0.2) is 11.5 Å². The molecule has 0 saturated carbocycles. The summed E-state index contributed by atoms with van der Waals surface area (Å²) < 4.78 is 0. The lowest BCUT2D eigenvalue weighted by Crippen LogP contribution is -1.87. The van der Waals surface area contributed by atoms with Crippen LogP contribution in [0.1, 0.15) is 39.5 Å². The average Bonchev–Trinajstić information content (AvgIpc) is 2.10. The Hall–Kier alpha value is -0.920. The van der Waals surface area contributed by atoms with Gasteiger partial charge in [-0.15, -0.1) is 0 Å². The molecule has 0 aliphatic rings. The Morgan fingerprint density at radius 2 is 1.25 bits per heavy atom. The molecule has 0 saturated heterocycles. The molecule has 0 bridgehead atoms. The summed E-state index contributed by atoms with van der Waals surface area (Å²) >= 11 is 0. The van der Waals surface area contributed by atoms with E-state index < -0.39 is 0 Å². The number of aliphatic hydroxyl groups is 2. The molecule has 0 aromatic heterocycles. The van der Waals surface area contributed by atoms with Crippen LogP contribution in [-0.2, 0) is 0 Å². The lowest BCUT2D eigenvalue weighted by Gasteiger charge is -1.97. The first-order valence-electron chi connectivity index (χ1n) is 4.51. The van der Waals surface area contributed by atoms with Gasteiger partial charge in [0.25, 0.3) is 0 Å². The summed E-state index contributed by atoms with van der Waals surface area (Å²) in [7, 11) is 0. The monoisotopic (exact) mass is 170 g/mol. The summed E-state index contributed by atoms with van der Waals surface area (Å²) in [5, 5.41) is 18.4. The predicted molar refractivity (Wildman–Crippen MR) is 51.2 cm³/mol. The number of unbranched alkanes of at least 4 members (excludes halogenated alkanes) is 2. The van der Waals surface area contributed by atoms with Crippen molar-refractivity contribution in [2.24, 2.45) is 0 Å². The molecule has 0 rings (SSSR count). The lowest BCUT2D eigenvalue weighted by molar-refractivity contribution is 0.323. The summed E-state index contributed by atoms with van der Waals surface area (Å²) in [5.74, 6) is 0.00981. The van der Waals surface area contributed by atoms with Gasteiger partial charge < -0.3 is 10.2 Å². The number of aliphatic hydroxyl groups excluding tert-OH is 2. The molecule has 0 heterocycles. The number of allylic oxidation sites excluding steroid dienone is 2. The third-order valence-corrected chi connectivity index (χ3v) is 1.52. The van der Waals surface area contributed by atoms with Crippen molar-refractivity contribution in [1.82, 2.24) is 0 Å². The van der Waals surface area contributed by atoms with Crippen LogP contribution < -0.4 is 0 Å². The fourth-order valence-corrected chi connectivity index (χ4v) is 0.771. The molecule has 0 radical (unpaired) electrons. The fraction of sp³-hybridized carbons (Fsp3) is 0.600. The first kappa shape index (κ1) is 11.1. The van der Waals surface area contributed by atoms with Crippen LogP contribution in [0.5, 0.6) is 0 Å². The topological polar surface area (TPSA) is 40.5 Å². The van der Waals surface area contributed by atoms with Crippen LogP contribution in [0, 0.1) is 0 Å². The van der Waals surface area contributed by atoms with E-state index in [1.165, 1.54) is 0 Å². The van der Waals surface area contributed by atoms with Gasteiger partial charge in [-0.3, -0.25) is 0 Å². The van der Waals surface area contributed by atoms with E-state index >= 15 is 0 Å². The smallest absolute Gasteiger partial charge is 0.152 e. The summed E-state index contributed by atoms with van der Waals surface area (Å²) in [6.07, 6.45) is 6.84. The van der Waals surface area contributed by atoms with Crippen LogP contribution >= 0.6 is 0 Å². The highest BCUT2D eigenvalue weighted by Crippen LogP contribution is 2.06. The van der Waals surface area contributed by atoms with E-state index in [4.69, 9.17) is 0 Å². The molecule has 0 amide bonds. The van der Waals surface area contributed by atoms with Crippen molar-refractivity contribution >= 4 is 0 Å². The summed E-state index contributed by atoms with van der Waals surface area (Å²) in [4.78, 5) is 0. The second kappa shape index (κ2) is 6.77. The van der Waals surface area contributed by atoms with E-state index in [9.17, 15) is 10.2 Å². The summed E-state index contributed by atoms with van der Waals surface area (Å²) in [6.45, 7) is 4.05. The second-order valence-electron chi connectivity index (χ2n) is 2.76. The standard InChI is InChI=1S/C10H18O2/c1-3-5-7-9(11)10(12)8-6-4-2/h7-8,11-12H,3-6H2,1-2H3. The minimum atomic E-state index is 0.00491. The van der Waals surface area contributed by atoms with E-state index in [1.54, 1.807) is 12.2 Å². The van der Waals surface area contributed by atoms with Gasteiger partial charge in [0.1, 0.15) is 0 Å². The molecule has 2 nitrogen and oxygen atoms in total. The van der Waals surface area contributed by atoms with Crippen molar-refractivity contribution in [2.45, 2.75) is 39.5 Å². The minimum Gasteiger partial charge on any atom is -0.504 e. The molecule has 0 aromatic carbocycles. The van der Waals surface area contributed by atoms with Crippen molar-refractivity contribution in [3.8, 4) is 0 Å². The molecule has 0 aliphatic heterocycles. The summed E-state index contributed by atoms with van der Waals surface area (Å²) in [6, 6.07) is 0. The predicted octanol–water partition coefficient (Wildman–Crippen LogP) is 3.47. The fourth-order valence-electron chi connectivity index (χ4n) is 0.771. The number of rotatable bonds is 5. The Kier molecular flexibility index (Phi) is 6.25. The molecule has 0 atom stereocenters. The van der Waals surface area contributed by atoms with Crippen molar-refractivity contribution < 1.29 is 10.2 Å². The second-order valence-corrected chi connectivity index (χ2v) is 2.76. The van der Waals surface area contributed by atoms with Gasteiger partial charge in [-0.2, -0.15) is 0 Å². The molecule has 12 heavy (non-hydrogen) atoms. The SMILES string of the molecule is CCCC=C(O)C(O)=CCCC. The third-order valence-electron chi connectivity index (χ3n) is 1.52. The van der Waals surface area contributed by atoms with Gasteiger partial charge in [0.2, 0.25) is 0 Å². The average molecular weight is 170 g/mol. The zero-order valence-electron chi connectivity index (χ0n) is 7.88. The molecule has 2 N–H and O–H groups in total. The zero-order chi connectivity index (χ0) is 9.40. The maximum atomic E-state index is 9.22. The Bertz CT molecular complexity index is 149. The molecule has 0 fully saturated rings. The van der Waals surface area contributed by atoms with E-state index in [2.05, 4.69) is 0 Å². The van der Waals surface area contributed by atoms with E-state index in [0.29, 0.717) is 0 Å². The maximum absolute atomic E-state index is 9.22. The van der Waals surface area contributed by atoms with E-state index in [0.717, 1.165) is 25.7 Å². The molecule has 70 valence electrons. The van der Waals surface area contributed by atoms with Crippen molar-refractivity contribution in [1.29, 1.82) is 0 Å². The minimum absolute atomic E-state index is 0.00491. The normalized spacial score (nSPS) is 13.5. The number of hydrogen-bond acceptors (Lipinski definition) is 2. The quantitative estimate of drug-likeness (QED) is 0.490. The highest BCUT2D eigenvalue weighted by Gasteiger charge is 1.97. The molecule has 0 aliphatic carbocycles. The van der Waals surface area contributed by atoms with Gasteiger partial charge in [0, 0.05) is 0 Å². The molecule has 0 spiro atoms. The van der Waals surface area contributed by atoms with Gasteiger partial charge >= 0.3 is 0 Å². The first-order chi connectivity index (χ1) is 5.72. The maximum Gasteiger partial charge on any atom is 0.152 e. The highest BCUT2D eigenvalue weighted by molar-refractivity contribution is 5.16. The summed E-state index contributed by atoms with van der Waals surface area (Å²) in [5.41, 5.74) is 0. The molecule has 0 aromatic rings. The van der Waals surface area contributed by atoms with E-state index in [1.807, 2.05) is 13.8 Å². The van der Waals surface area contributed by atoms with Crippen LogP contribution in [0.2, 0.25) is 0 Å². The molecule has 0 unspecified atom stereocenters. The van der Waals surface area contributed by atoms with Crippen LogP contribution in [0.4, 0.5) is 0 Å². The molecule has 2 heteroatoms. The number of hydrogen-bond donors (Lipinski definition) is 2. The lowest BCUT2D eigenvalue weighted by atomic mass is 10.2. The van der Waals surface area contributed by atoms with Crippen LogP contribution in [0.15, 0.2) is 23.7 Å². The van der Waals surface area contributed by atoms with Crippen LogP contribution in [0.25, 0.3) is 0 Å². The Morgan fingerprint density at radius 3 is 1.50 bits per heavy atom. The van der Waals surface area contributed by atoms with Crippen molar-refractivity contribution in [3.05, 3.63) is 23.7 Å². The van der Waals surface area contributed by atoms with Gasteiger partial charge in [-0.05, 0) is 25.0 Å². The van der Waals surface area contributed by atoms with Crippen molar-refractivity contribution in [2.75, 3.05) is 0 Å². The Morgan fingerprint density at radius 1 is 0.917 bits per heavy atom. The van der Waals surface area contributed by atoms with Crippen LogP contribution in [-0.4, -0.2) is 10.2 Å². The third kappa shape index (κ3) is 4.83. The van der Waals surface area contributed by atoms with E-state index in [-0.39, 0.29) is 11.5 Å². The highest BCUT2D eigenvalue weighted by atomic mass is 16.3.